The van der Waals surface area contributed by atoms with Crippen molar-refractivity contribution in [2.75, 3.05) is 16.9 Å². The molecule has 0 saturated carbocycles. The number of hydrazine groups is 1. The number of carbonyl (C=O) groups is 2. The van der Waals surface area contributed by atoms with Crippen molar-refractivity contribution in [1.82, 2.24) is 15.0 Å². The minimum absolute atomic E-state index is 0.0630. The van der Waals surface area contributed by atoms with E-state index in [1.165, 1.54) is 4.57 Å². The highest BCUT2D eigenvalue weighted by atomic mass is 16.2. The molecule has 148 valence electrons. The Morgan fingerprint density at radius 1 is 1.14 bits per heavy atom. The smallest absolute Gasteiger partial charge is 0.269 e. The second kappa shape index (κ2) is 7.75. The summed E-state index contributed by atoms with van der Waals surface area (Å²) >= 11 is 0. The summed E-state index contributed by atoms with van der Waals surface area (Å²) in [5.41, 5.74) is 6.84. The lowest BCUT2D eigenvalue weighted by molar-refractivity contribution is -0.117. The summed E-state index contributed by atoms with van der Waals surface area (Å²) in [6.07, 6.45) is 1.35. The van der Waals surface area contributed by atoms with Gasteiger partial charge in [0.15, 0.2) is 0 Å². The van der Waals surface area contributed by atoms with Crippen LogP contribution >= 0.6 is 0 Å². The van der Waals surface area contributed by atoms with Gasteiger partial charge >= 0.3 is 0 Å². The van der Waals surface area contributed by atoms with Crippen LogP contribution in [0.2, 0.25) is 0 Å². The van der Waals surface area contributed by atoms with Crippen LogP contribution in [0.5, 0.6) is 0 Å². The van der Waals surface area contributed by atoms with Gasteiger partial charge in [-0.15, -0.1) is 0 Å². The van der Waals surface area contributed by atoms with Crippen LogP contribution in [0, 0.1) is 0 Å². The minimum Gasteiger partial charge on any atom is -0.312 e. The Balaban J connectivity index is 1.56. The Kier molecular flexibility index (Phi) is 4.99. The van der Waals surface area contributed by atoms with Gasteiger partial charge in [0, 0.05) is 30.8 Å². The molecule has 1 aliphatic rings. The quantitative estimate of drug-likeness (QED) is 0.651. The summed E-state index contributed by atoms with van der Waals surface area (Å²) in [7, 11) is 0. The zero-order valence-electron chi connectivity index (χ0n) is 16.0. The van der Waals surface area contributed by atoms with Gasteiger partial charge in [-0.3, -0.25) is 29.8 Å². The fourth-order valence-corrected chi connectivity index (χ4v) is 3.48. The molecule has 1 fully saturated rings. The van der Waals surface area contributed by atoms with Gasteiger partial charge in [0.25, 0.3) is 11.5 Å². The molecule has 0 atom stereocenters. The zero-order chi connectivity index (χ0) is 20.4. The summed E-state index contributed by atoms with van der Waals surface area (Å²) in [6.45, 7) is 2.90. The van der Waals surface area contributed by atoms with Gasteiger partial charge in [-0.25, -0.2) is 4.98 Å². The first-order valence-corrected chi connectivity index (χ1v) is 9.55. The van der Waals surface area contributed by atoms with Crippen molar-refractivity contribution >= 4 is 34.4 Å². The van der Waals surface area contributed by atoms with Crippen molar-refractivity contribution in [3.63, 3.8) is 0 Å². The number of nitrogens with zero attached hydrogens (tertiary/aromatic N) is 3. The average molecular weight is 391 g/mol. The number of benzene rings is 2. The predicted octanol–water partition coefficient (Wildman–Crippen LogP) is 2.30. The van der Waals surface area contributed by atoms with E-state index in [9.17, 15) is 14.4 Å². The molecular weight excluding hydrogens is 370 g/mol. The third-order valence-electron chi connectivity index (χ3n) is 4.96. The monoisotopic (exact) mass is 391 g/mol. The Bertz CT molecular complexity index is 1150. The molecule has 1 saturated heterocycles. The number of carbonyl (C=O) groups excluding carboxylic acids is 2. The fourth-order valence-electron chi connectivity index (χ4n) is 3.48. The number of nitrogens with one attached hydrogen (secondary N) is 2. The van der Waals surface area contributed by atoms with E-state index in [2.05, 4.69) is 15.8 Å². The van der Waals surface area contributed by atoms with Crippen LogP contribution in [-0.2, 0) is 11.3 Å². The zero-order valence-corrected chi connectivity index (χ0v) is 16.0. The van der Waals surface area contributed by atoms with E-state index in [1.54, 1.807) is 47.4 Å². The van der Waals surface area contributed by atoms with E-state index >= 15 is 0 Å². The van der Waals surface area contributed by atoms with Crippen LogP contribution in [-0.4, -0.2) is 27.9 Å². The summed E-state index contributed by atoms with van der Waals surface area (Å²) in [5.74, 6) is -0.0630. The van der Waals surface area contributed by atoms with Crippen LogP contribution in [0.1, 0.15) is 30.1 Å². The molecule has 0 spiro atoms. The molecule has 2 heterocycles. The highest BCUT2D eigenvalue weighted by Gasteiger charge is 2.22. The van der Waals surface area contributed by atoms with Crippen LogP contribution in [0.4, 0.5) is 11.6 Å². The first-order chi connectivity index (χ1) is 14.1. The van der Waals surface area contributed by atoms with Gasteiger partial charge in [-0.05, 0) is 43.7 Å². The number of hydrogen-bond donors (Lipinski definition) is 2. The summed E-state index contributed by atoms with van der Waals surface area (Å²) in [5, 5.41) is 0.522. The standard InChI is InChI=1S/C21H21N5O3/c1-2-25-20(29)16-9-3-4-10-17(16)22-21(25)24-23-19(28)14-7-5-8-15(13-14)26-12-6-11-18(26)27/h3-5,7-10,13H,2,6,11-12H2,1H3,(H,22,24)(H,23,28). The number of amides is 2. The van der Waals surface area contributed by atoms with Gasteiger partial charge < -0.3 is 4.90 Å². The molecule has 2 amide bonds. The van der Waals surface area contributed by atoms with E-state index in [-0.39, 0.29) is 23.3 Å². The first kappa shape index (κ1) is 18.7. The Morgan fingerprint density at radius 2 is 1.97 bits per heavy atom. The van der Waals surface area contributed by atoms with E-state index < -0.39 is 0 Å². The molecule has 2 aromatic carbocycles. The summed E-state index contributed by atoms with van der Waals surface area (Å²) < 4.78 is 1.46. The van der Waals surface area contributed by atoms with Gasteiger partial charge in [0.1, 0.15) is 0 Å². The van der Waals surface area contributed by atoms with Crippen molar-refractivity contribution in [2.24, 2.45) is 0 Å². The Hall–Kier alpha value is -3.68. The normalized spacial score (nSPS) is 13.7. The number of para-hydroxylation sites is 1. The van der Waals surface area contributed by atoms with Gasteiger partial charge in [0.2, 0.25) is 11.9 Å². The maximum absolute atomic E-state index is 12.7. The van der Waals surface area contributed by atoms with Crippen molar-refractivity contribution in [3.8, 4) is 0 Å². The number of hydrogen-bond acceptors (Lipinski definition) is 5. The molecule has 29 heavy (non-hydrogen) atoms. The third-order valence-corrected chi connectivity index (χ3v) is 4.96. The lowest BCUT2D eigenvalue weighted by atomic mass is 10.2. The molecule has 2 N–H and O–H groups in total. The lowest BCUT2D eigenvalue weighted by Crippen LogP contribution is -2.34. The average Bonchev–Trinajstić information content (AvgIpc) is 3.18. The third kappa shape index (κ3) is 3.56. The molecule has 8 nitrogen and oxygen atoms in total. The van der Waals surface area contributed by atoms with Gasteiger partial charge in [-0.2, -0.15) is 0 Å². The van der Waals surface area contributed by atoms with Crippen LogP contribution in [0.3, 0.4) is 0 Å². The predicted molar refractivity (Wildman–Crippen MR) is 111 cm³/mol. The molecule has 4 rings (SSSR count). The van der Waals surface area contributed by atoms with Gasteiger partial charge in [0.05, 0.1) is 10.9 Å². The molecule has 1 aromatic heterocycles. The van der Waals surface area contributed by atoms with Crippen molar-refractivity contribution in [2.45, 2.75) is 26.3 Å². The molecular formula is C21H21N5O3. The van der Waals surface area contributed by atoms with Crippen molar-refractivity contribution < 1.29 is 9.59 Å². The fraction of sp³-hybridized carbons (Fsp3) is 0.238. The summed E-state index contributed by atoms with van der Waals surface area (Å²) in [6, 6.07) is 14.0. The second-order valence-corrected chi connectivity index (χ2v) is 6.78. The molecule has 8 heteroatoms. The number of fused-ring (bicyclic) bond motifs is 1. The Morgan fingerprint density at radius 3 is 2.72 bits per heavy atom. The molecule has 0 bridgehead atoms. The largest absolute Gasteiger partial charge is 0.312 e. The molecule has 0 aliphatic carbocycles. The SMILES string of the molecule is CCn1c(NNC(=O)c2cccc(N3CCCC3=O)c2)nc2ccccc2c1=O. The van der Waals surface area contributed by atoms with Crippen molar-refractivity contribution in [1.29, 1.82) is 0 Å². The van der Waals surface area contributed by atoms with Crippen LogP contribution in [0.15, 0.2) is 53.3 Å². The number of aromatic nitrogens is 2. The van der Waals surface area contributed by atoms with E-state index in [0.29, 0.717) is 41.7 Å². The molecule has 1 aliphatic heterocycles. The first-order valence-electron chi connectivity index (χ1n) is 9.55. The van der Waals surface area contributed by atoms with E-state index in [0.717, 1.165) is 6.42 Å². The van der Waals surface area contributed by atoms with Crippen LogP contribution in [0.25, 0.3) is 10.9 Å². The Labute approximate surface area is 167 Å². The summed E-state index contributed by atoms with van der Waals surface area (Å²) in [4.78, 5) is 43.4. The molecule has 0 unspecified atom stereocenters. The molecule has 3 aromatic rings. The van der Waals surface area contributed by atoms with Crippen LogP contribution < -0.4 is 21.3 Å². The number of rotatable bonds is 5. The maximum atomic E-state index is 12.7. The van der Waals surface area contributed by atoms with E-state index in [4.69, 9.17) is 0 Å². The number of anilines is 2. The lowest BCUT2D eigenvalue weighted by Gasteiger charge is -2.17. The minimum atomic E-state index is -0.386. The highest BCUT2D eigenvalue weighted by molar-refractivity contribution is 5.99. The highest BCUT2D eigenvalue weighted by Crippen LogP contribution is 2.22. The van der Waals surface area contributed by atoms with Crippen molar-refractivity contribution in [3.05, 3.63) is 64.4 Å². The molecule has 0 radical (unpaired) electrons. The van der Waals surface area contributed by atoms with E-state index in [1.807, 2.05) is 13.0 Å². The second-order valence-electron chi connectivity index (χ2n) is 6.78. The topological polar surface area (TPSA) is 96.3 Å². The van der Waals surface area contributed by atoms with Gasteiger partial charge in [-0.1, -0.05) is 18.2 Å². The maximum Gasteiger partial charge on any atom is 0.269 e.